The Morgan fingerprint density at radius 2 is 2.12 bits per heavy atom. The first kappa shape index (κ1) is 18.6. The maximum absolute atomic E-state index is 12.8. The first-order valence-electron chi connectivity index (χ1n) is 7.33. The fourth-order valence-electron chi connectivity index (χ4n) is 1.73. The van der Waals surface area contributed by atoms with Gasteiger partial charge in [0, 0.05) is 20.2 Å². The molecule has 1 aromatic carbocycles. The van der Waals surface area contributed by atoms with Gasteiger partial charge in [-0.15, -0.1) is 10.2 Å². The summed E-state index contributed by atoms with van der Waals surface area (Å²) in [6.07, 6.45) is 0. The van der Waals surface area contributed by atoms with Crippen molar-refractivity contribution < 1.29 is 13.9 Å². The summed E-state index contributed by atoms with van der Waals surface area (Å²) in [6.45, 7) is 3.42. The monoisotopic (exact) mass is 370 g/mol. The number of carbonyl (C=O) groups is 1. The number of carbonyl (C=O) groups excluding carboxylic acids is 1. The molecule has 0 fully saturated rings. The number of anilines is 1. The number of rotatable bonds is 9. The van der Waals surface area contributed by atoms with E-state index in [1.807, 2.05) is 6.92 Å². The molecule has 2 rings (SSSR count). The topological polar surface area (TPSA) is 76.1 Å². The average Bonchev–Trinajstić information content (AvgIpc) is 3.01. The Kier molecular flexibility index (Phi) is 7.41. The molecular weight excluding hydrogens is 351 g/mol. The fourth-order valence-corrected chi connectivity index (χ4v) is 3.67. The Balaban J connectivity index is 1.77. The second-order valence-electron chi connectivity index (χ2n) is 4.90. The SMILES string of the molecule is COCCNc1nnc(S[C@@H](C)C(=O)NCc2ccc(F)cc2)s1. The number of hydrogen-bond donors (Lipinski definition) is 2. The van der Waals surface area contributed by atoms with E-state index in [2.05, 4.69) is 20.8 Å². The molecule has 6 nitrogen and oxygen atoms in total. The lowest BCUT2D eigenvalue weighted by Crippen LogP contribution is -2.30. The van der Waals surface area contributed by atoms with Crippen LogP contribution in [0, 0.1) is 5.82 Å². The second kappa shape index (κ2) is 9.55. The van der Waals surface area contributed by atoms with Gasteiger partial charge in [0.05, 0.1) is 11.9 Å². The highest BCUT2D eigenvalue weighted by molar-refractivity contribution is 8.02. The lowest BCUT2D eigenvalue weighted by molar-refractivity contribution is -0.120. The molecule has 1 atom stereocenters. The van der Waals surface area contributed by atoms with Gasteiger partial charge in [-0.2, -0.15) is 0 Å². The quantitative estimate of drug-likeness (QED) is 0.522. The first-order valence-corrected chi connectivity index (χ1v) is 9.03. The molecule has 2 N–H and O–H groups in total. The van der Waals surface area contributed by atoms with E-state index < -0.39 is 0 Å². The number of hydrogen-bond acceptors (Lipinski definition) is 7. The molecule has 0 aliphatic heterocycles. The van der Waals surface area contributed by atoms with Gasteiger partial charge in [-0.3, -0.25) is 4.79 Å². The van der Waals surface area contributed by atoms with Crippen LogP contribution in [-0.4, -0.2) is 41.6 Å². The van der Waals surface area contributed by atoms with E-state index in [1.54, 1.807) is 19.2 Å². The van der Waals surface area contributed by atoms with Crippen LogP contribution < -0.4 is 10.6 Å². The van der Waals surface area contributed by atoms with Crippen LogP contribution in [0.2, 0.25) is 0 Å². The normalized spacial score (nSPS) is 12.0. The van der Waals surface area contributed by atoms with Crippen LogP contribution in [0.15, 0.2) is 28.6 Å². The molecule has 0 unspecified atom stereocenters. The molecule has 9 heteroatoms. The highest BCUT2D eigenvalue weighted by Crippen LogP contribution is 2.28. The van der Waals surface area contributed by atoms with E-state index in [0.29, 0.717) is 24.8 Å². The van der Waals surface area contributed by atoms with E-state index in [0.717, 1.165) is 9.90 Å². The lowest BCUT2D eigenvalue weighted by atomic mass is 10.2. The van der Waals surface area contributed by atoms with Crippen molar-refractivity contribution in [1.82, 2.24) is 15.5 Å². The van der Waals surface area contributed by atoms with E-state index in [1.165, 1.54) is 35.2 Å². The molecule has 24 heavy (non-hydrogen) atoms. The average molecular weight is 370 g/mol. The van der Waals surface area contributed by atoms with Gasteiger partial charge in [0.1, 0.15) is 5.82 Å². The summed E-state index contributed by atoms with van der Waals surface area (Å²) in [7, 11) is 1.63. The summed E-state index contributed by atoms with van der Waals surface area (Å²) in [6, 6.07) is 6.05. The minimum Gasteiger partial charge on any atom is -0.383 e. The Morgan fingerprint density at radius 3 is 2.83 bits per heavy atom. The standard InChI is InChI=1S/C15H19FN4O2S2/c1-10(13(21)18-9-11-3-5-12(16)6-4-11)23-15-20-19-14(24-15)17-7-8-22-2/h3-6,10H,7-9H2,1-2H3,(H,17,19)(H,18,21)/t10-/m0/s1. The smallest absolute Gasteiger partial charge is 0.233 e. The lowest BCUT2D eigenvalue weighted by Gasteiger charge is -2.10. The number of benzene rings is 1. The Labute approximate surface area is 148 Å². The number of amides is 1. The molecule has 0 aliphatic carbocycles. The number of methoxy groups -OCH3 is 1. The van der Waals surface area contributed by atoms with Crippen molar-refractivity contribution in [2.75, 3.05) is 25.6 Å². The molecule has 1 heterocycles. The summed E-state index contributed by atoms with van der Waals surface area (Å²) in [5, 5.41) is 14.4. The third-order valence-electron chi connectivity index (χ3n) is 3.02. The highest BCUT2D eigenvalue weighted by Gasteiger charge is 2.17. The van der Waals surface area contributed by atoms with Gasteiger partial charge in [-0.25, -0.2) is 4.39 Å². The predicted octanol–water partition coefficient (Wildman–Crippen LogP) is 2.53. The van der Waals surface area contributed by atoms with Crippen molar-refractivity contribution in [3.63, 3.8) is 0 Å². The third kappa shape index (κ3) is 6.06. The van der Waals surface area contributed by atoms with Gasteiger partial charge < -0.3 is 15.4 Å². The molecule has 0 bridgehead atoms. The molecule has 2 aromatic rings. The minimum absolute atomic E-state index is 0.103. The van der Waals surface area contributed by atoms with Crippen molar-refractivity contribution in [2.45, 2.75) is 23.1 Å². The zero-order valence-electron chi connectivity index (χ0n) is 13.4. The van der Waals surface area contributed by atoms with Crippen molar-refractivity contribution in [3.05, 3.63) is 35.6 Å². The molecule has 0 spiro atoms. The van der Waals surface area contributed by atoms with Crippen LogP contribution in [0.5, 0.6) is 0 Å². The Bertz CT molecular complexity index is 651. The molecule has 1 amide bonds. The van der Waals surface area contributed by atoms with Crippen molar-refractivity contribution in [2.24, 2.45) is 0 Å². The zero-order chi connectivity index (χ0) is 17.4. The molecule has 1 aromatic heterocycles. The first-order chi connectivity index (χ1) is 11.6. The second-order valence-corrected chi connectivity index (χ2v) is 7.46. The highest BCUT2D eigenvalue weighted by atomic mass is 32.2. The minimum atomic E-state index is -0.301. The summed E-state index contributed by atoms with van der Waals surface area (Å²) in [4.78, 5) is 12.1. The summed E-state index contributed by atoms with van der Waals surface area (Å²) in [5.41, 5.74) is 0.850. The van der Waals surface area contributed by atoms with Gasteiger partial charge in [0.15, 0.2) is 4.34 Å². The Morgan fingerprint density at radius 1 is 1.38 bits per heavy atom. The van der Waals surface area contributed by atoms with E-state index in [9.17, 15) is 9.18 Å². The van der Waals surface area contributed by atoms with Crippen LogP contribution in [-0.2, 0) is 16.1 Å². The number of thioether (sulfide) groups is 1. The summed E-state index contributed by atoms with van der Waals surface area (Å²) in [5.74, 6) is -0.395. The van der Waals surface area contributed by atoms with E-state index in [4.69, 9.17) is 4.74 Å². The molecule has 0 aliphatic rings. The van der Waals surface area contributed by atoms with Crippen LogP contribution >= 0.6 is 23.1 Å². The van der Waals surface area contributed by atoms with Crippen molar-refractivity contribution in [3.8, 4) is 0 Å². The van der Waals surface area contributed by atoms with Gasteiger partial charge in [-0.1, -0.05) is 35.2 Å². The van der Waals surface area contributed by atoms with Crippen LogP contribution in [0.4, 0.5) is 9.52 Å². The molecule has 0 saturated heterocycles. The van der Waals surface area contributed by atoms with Gasteiger partial charge in [0.25, 0.3) is 0 Å². The Hall–Kier alpha value is -1.71. The maximum atomic E-state index is 12.8. The van der Waals surface area contributed by atoms with E-state index >= 15 is 0 Å². The molecule has 0 radical (unpaired) electrons. The molecular formula is C15H19FN4O2S2. The largest absolute Gasteiger partial charge is 0.383 e. The van der Waals surface area contributed by atoms with Gasteiger partial charge in [-0.05, 0) is 24.6 Å². The molecule has 130 valence electrons. The van der Waals surface area contributed by atoms with Crippen LogP contribution in [0.3, 0.4) is 0 Å². The zero-order valence-corrected chi connectivity index (χ0v) is 15.0. The number of nitrogens with one attached hydrogen (secondary N) is 2. The van der Waals surface area contributed by atoms with Gasteiger partial charge >= 0.3 is 0 Å². The number of aromatic nitrogens is 2. The fraction of sp³-hybridized carbons (Fsp3) is 0.400. The van der Waals surface area contributed by atoms with Crippen LogP contribution in [0.1, 0.15) is 12.5 Å². The van der Waals surface area contributed by atoms with Crippen molar-refractivity contribution >= 4 is 34.1 Å². The number of halogens is 1. The van der Waals surface area contributed by atoms with Crippen LogP contribution in [0.25, 0.3) is 0 Å². The molecule has 0 saturated carbocycles. The summed E-state index contributed by atoms with van der Waals surface area (Å²) >= 11 is 2.75. The predicted molar refractivity (Wildman–Crippen MR) is 93.8 cm³/mol. The van der Waals surface area contributed by atoms with E-state index in [-0.39, 0.29) is 17.0 Å². The number of ether oxygens (including phenoxy) is 1. The number of nitrogens with zero attached hydrogens (tertiary/aromatic N) is 2. The van der Waals surface area contributed by atoms with Gasteiger partial charge in [0.2, 0.25) is 11.0 Å². The summed E-state index contributed by atoms with van der Waals surface area (Å²) < 4.78 is 18.5. The third-order valence-corrected chi connectivity index (χ3v) is 5.08. The maximum Gasteiger partial charge on any atom is 0.233 e. The van der Waals surface area contributed by atoms with Crippen molar-refractivity contribution in [1.29, 1.82) is 0 Å².